The number of halogens is 1. The van der Waals surface area contributed by atoms with E-state index in [-0.39, 0.29) is 9.05 Å². The fourth-order valence-electron chi connectivity index (χ4n) is 0.358. The highest BCUT2D eigenvalue weighted by Gasteiger charge is 2.20. The van der Waals surface area contributed by atoms with Gasteiger partial charge in [-0.2, -0.15) is 0 Å². The van der Waals surface area contributed by atoms with Crippen LogP contribution in [0.2, 0.25) is 0 Å². The first-order chi connectivity index (χ1) is 4.21. The molecule has 0 bridgehead atoms. The van der Waals surface area contributed by atoms with E-state index in [4.69, 9.17) is 10.4 Å². The van der Waals surface area contributed by atoms with E-state index >= 15 is 0 Å². The van der Waals surface area contributed by atoms with E-state index in [1.807, 2.05) is 27.7 Å². The van der Waals surface area contributed by atoms with Gasteiger partial charge in [-0.05, 0) is 36.4 Å². The normalized spacial score (nSPS) is 13.4. The summed E-state index contributed by atoms with van der Waals surface area (Å²) in [6.07, 6.45) is 0. The van der Waals surface area contributed by atoms with Gasteiger partial charge < -0.3 is 10.4 Å². The summed E-state index contributed by atoms with van der Waals surface area (Å²) in [5.41, 5.74) is 5.49. The van der Waals surface area contributed by atoms with Crippen molar-refractivity contribution in [1.29, 1.82) is 0 Å². The van der Waals surface area contributed by atoms with Crippen LogP contribution in [0.5, 0.6) is 0 Å². The van der Waals surface area contributed by atoms with Crippen molar-refractivity contribution >= 4 is 30.1 Å². The molecule has 0 amide bonds. The van der Waals surface area contributed by atoms with Crippen LogP contribution in [-0.4, -0.2) is 16.5 Å². The maximum atomic E-state index is 5.71. The number of rotatable bonds is 3. The molecule has 0 aliphatic heterocycles. The van der Waals surface area contributed by atoms with Crippen LogP contribution in [0, 0.1) is 0 Å². The molecule has 0 aromatic rings. The lowest BCUT2D eigenvalue weighted by Gasteiger charge is -2.23. The average Bonchev–Trinajstić information content (AvgIpc) is 1.57. The lowest BCUT2D eigenvalue weighted by Crippen LogP contribution is -2.42. The molecule has 0 radical (unpaired) electrons. The third kappa shape index (κ3) is 8.71. The average molecular weight is 255 g/mol. The van der Waals surface area contributed by atoms with E-state index in [9.17, 15) is 0 Å². The molecule has 2 nitrogen and oxygen atoms in total. The molecule has 0 fully saturated rings. The van der Waals surface area contributed by atoms with Crippen LogP contribution in [0.25, 0.3) is 0 Å². The van der Waals surface area contributed by atoms with Crippen LogP contribution in [0.3, 0.4) is 0 Å². The minimum Gasteiger partial charge on any atom is -0.424 e. The monoisotopic (exact) mass is 255 g/mol. The Hall–Kier alpha value is 0.715. The Kier molecular flexibility index (Phi) is 3.65. The number of hydrogen-bond donors (Lipinski definition) is 1. The van der Waals surface area contributed by atoms with E-state index in [0.717, 1.165) is 0 Å². The summed E-state index contributed by atoms with van der Waals surface area (Å²) in [6, 6.07) is 0. The highest BCUT2D eigenvalue weighted by Crippen LogP contribution is 2.18. The van der Waals surface area contributed by atoms with Gasteiger partial charge in [-0.25, -0.2) is 0 Å². The van der Waals surface area contributed by atoms with E-state index in [0.29, 0.717) is 7.48 Å². The Morgan fingerprint density at radius 1 is 1.30 bits per heavy atom. The number of alkyl halides is 1. The van der Waals surface area contributed by atoms with Gasteiger partial charge in [-0.3, -0.25) is 0 Å². The lowest BCUT2D eigenvalue weighted by atomic mass is 9.75. The van der Waals surface area contributed by atoms with Crippen molar-refractivity contribution in [2.75, 3.05) is 0 Å². The lowest BCUT2D eigenvalue weighted by molar-refractivity contribution is 0.227. The van der Waals surface area contributed by atoms with Crippen molar-refractivity contribution in [2.45, 2.75) is 36.7 Å². The second-order valence-corrected chi connectivity index (χ2v) is 6.24. The zero-order chi connectivity index (χ0) is 8.41. The quantitative estimate of drug-likeness (QED) is 0.467. The summed E-state index contributed by atoms with van der Waals surface area (Å²) < 4.78 is 5.35. The Morgan fingerprint density at radius 2 is 1.70 bits per heavy atom. The van der Waals surface area contributed by atoms with Crippen molar-refractivity contribution < 1.29 is 4.65 Å². The number of nitrogens with two attached hydrogens (primary N) is 1. The van der Waals surface area contributed by atoms with Gasteiger partial charge in [0, 0.05) is 5.44 Å². The SMILES string of the molecule is CC(C)(N)BOC(C)(C)I. The summed E-state index contributed by atoms with van der Waals surface area (Å²) in [5.74, 6) is 0. The van der Waals surface area contributed by atoms with Crippen molar-refractivity contribution in [1.82, 2.24) is 0 Å². The Bertz CT molecular complexity index is 91.3. The van der Waals surface area contributed by atoms with E-state index in [1.54, 1.807) is 0 Å². The largest absolute Gasteiger partial charge is 0.424 e. The van der Waals surface area contributed by atoms with Gasteiger partial charge in [0.1, 0.15) is 0 Å². The first kappa shape index (κ1) is 10.7. The molecular formula is C6H15BINO. The highest BCUT2D eigenvalue weighted by molar-refractivity contribution is 14.1. The molecule has 0 unspecified atom stereocenters. The molecule has 0 aromatic carbocycles. The van der Waals surface area contributed by atoms with Crippen molar-refractivity contribution in [3.8, 4) is 0 Å². The molecule has 0 saturated carbocycles. The molecular weight excluding hydrogens is 240 g/mol. The maximum absolute atomic E-state index is 5.71. The first-order valence-corrected chi connectivity index (χ1v) is 4.40. The molecule has 0 aliphatic rings. The van der Waals surface area contributed by atoms with Gasteiger partial charge in [0.25, 0.3) is 7.48 Å². The molecule has 10 heavy (non-hydrogen) atoms. The molecule has 0 rings (SSSR count). The smallest absolute Gasteiger partial charge is 0.296 e. The summed E-state index contributed by atoms with van der Waals surface area (Å²) >= 11 is 2.24. The van der Waals surface area contributed by atoms with Crippen LogP contribution in [0.15, 0.2) is 0 Å². The van der Waals surface area contributed by atoms with Gasteiger partial charge in [-0.1, -0.05) is 13.8 Å². The van der Waals surface area contributed by atoms with Crippen LogP contribution in [-0.2, 0) is 4.65 Å². The van der Waals surface area contributed by atoms with Crippen LogP contribution < -0.4 is 5.73 Å². The van der Waals surface area contributed by atoms with Crippen LogP contribution in [0.4, 0.5) is 0 Å². The summed E-state index contributed by atoms with van der Waals surface area (Å²) in [7, 11) is 0.600. The Morgan fingerprint density at radius 3 is 1.80 bits per heavy atom. The minimum absolute atomic E-state index is 0.103. The van der Waals surface area contributed by atoms with Gasteiger partial charge in [0.05, 0.1) is 3.61 Å². The Labute approximate surface area is 77.3 Å². The minimum atomic E-state index is -0.220. The molecule has 0 aromatic heterocycles. The van der Waals surface area contributed by atoms with Gasteiger partial charge >= 0.3 is 0 Å². The van der Waals surface area contributed by atoms with Gasteiger partial charge in [0.15, 0.2) is 0 Å². The zero-order valence-electron chi connectivity index (χ0n) is 7.07. The van der Waals surface area contributed by atoms with Gasteiger partial charge in [0.2, 0.25) is 0 Å². The topological polar surface area (TPSA) is 35.2 Å². The molecule has 0 saturated heterocycles. The second-order valence-electron chi connectivity index (χ2n) is 3.64. The molecule has 60 valence electrons. The summed E-state index contributed by atoms with van der Waals surface area (Å²) in [6.45, 7) is 7.93. The molecule has 2 N–H and O–H groups in total. The fourth-order valence-corrected chi connectivity index (χ4v) is 0.513. The first-order valence-electron chi connectivity index (χ1n) is 3.32. The third-order valence-electron chi connectivity index (χ3n) is 0.787. The van der Waals surface area contributed by atoms with E-state index in [2.05, 4.69) is 22.6 Å². The molecule has 0 atom stereocenters. The molecule has 0 aliphatic carbocycles. The standard InChI is InChI=1S/C6H15BINO/c1-5(2,9)7-10-6(3,4)8/h7H,9H2,1-4H3. The molecule has 0 heterocycles. The molecule has 4 heteroatoms. The second kappa shape index (κ2) is 3.41. The maximum Gasteiger partial charge on any atom is 0.296 e. The van der Waals surface area contributed by atoms with Crippen molar-refractivity contribution in [3.05, 3.63) is 0 Å². The zero-order valence-corrected chi connectivity index (χ0v) is 9.23. The fraction of sp³-hybridized carbons (Fsp3) is 1.00. The van der Waals surface area contributed by atoms with Crippen molar-refractivity contribution in [2.24, 2.45) is 5.73 Å². The predicted molar refractivity (Wildman–Crippen MR) is 54.6 cm³/mol. The highest BCUT2D eigenvalue weighted by atomic mass is 127. The van der Waals surface area contributed by atoms with E-state index < -0.39 is 0 Å². The van der Waals surface area contributed by atoms with E-state index in [1.165, 1.54) is 0 Å². The summed E-state index contributed by atoms with van der Waals surface area (Å²) in [5, 5.41) is 0. The summed E-state index contributed by atoms with van der Waals surface area (Å²) in [4.78, 5) is 0. The van der Waals surface area contributed by atoms with Crippen molar-refractivity contribution in [3.63, 3.8) is 0 Å². The predicted octanol–water partition coefficient (Wildman–Crippen LogP) is 1.22. The van der Waals surface area contributed by atoms with Crippen LogP contribution >= 0.6 is 22.6 Å². The molecule has 0 spiro atoms. The third-order valence-corrected chi connectivity index (χ3v) is 1.10. The van der Waals surface area contributed by atoms with Crippen LogP contribution in [0.1, 0.15) is 27.7 Å². The van der Waals surface area contributed by atoms with Gasteiger partial charge in [-0.15, -0.1) is 0 Å². The number of hydrogen-bond acceptors (Lipinski definition) is 2. The Balaban J connectivity index is 3.56.